The second-order valence-electron chi connectivity index (χ2n) is 4.08. The Bertz CT molecular complexity index is 617. The van der Waals surface area contributed by atoms with Gasteiger partial charge in [0.1, 0.15) is 0 Å². The van der Waals surface area contributed by atoms with E-state index >= 15 is 0 Å². The van der Waals surface area contributed by atoms with Crippen LogP contribution in [0.5, 0.6) is 0 Å². The molecule has 8 nitrogen and oxygen atoms in total. The first-order valence-electron chi connectivity index (χ1n) is 6.47. The summed E-state index contributed by atoms with van der Waals surface area (Å²) >= 11 is 0. The standard InChI is InChI=1S/C14H14N2O6/c1-3-21-13(17)12(14(18)22-4-2)10-6-5-9(8-15)7-11(10)16(19)20/h5-7,12H,3-4H2,1-2H3. The highest BCUT2D eigenvalue weighted by molar-refractivity contribution is 6.01. The third-order valence-corrected chi connectivity index (χ3v) is 2.71. The van der Waals surface area contributed by atoms with Crippen LogP contribution in [0.15, 0.2) is 18.2 Å². The Labute approximate surface area is 126 Å². The zero-order chi connectivity index (χ0) is 16.7. The van der Waals surface area contributed by atoms with Crippen molar-refractivity contribution in [1.82, 2.24) is 0 Å². The Morgan fingerprint density at radius 1 is 1.27 bits per heavy atom. The molecular weight excluding hydrogens is 292 g/mol. The van der Waals surface area contributed by atoms with Crippen molar-refractivity contribution < 1.29 is 24.0 Å². The summed E-state index contributed by atoms with van der Waals surface area (Å²) in [5.74, 6) is -3.43. The van der Waals surface area contributed by atoms with Crippen molar-refractivity contribution in [2.24, 2.45) is 0 Å². The Morgan fingerprint density at radius 2 is 1.82 bits per heavy atom. The van der Waals surface area contributed by atoms with Gasteiger partial charge in [0.25, 0.3) is 5.69 Å². The zero-order valence-corrected chi connectivity index (χ0v) is 12.1. The van der Waals surface area contributed by atoms with Crippen molar-refractivity contribution in [2.45, 2.75) is 19.8 Å². The van der Waals surface area contributed by atoms with Crippen LogP contribution in [0.4, 0.5) is 5.69 Å². The van der Waals surface area contributed by atoms with Crippen LogP contribution < -0.4 is 0 Å². The lowest BCUT2D eigenvalue weighted by Gasteiger charge is -2.14. The van der Waals surface area contributed by atoms with Crippen LogP contribution in [-0.2, 0) is 19.1 Å². The molecule has 0 amide bonds. The number of carbonyl (C=O) groups is 2. The van der Waals surface area contributed by atoms with Gasteiger partial charge >= 0.3 is 11.9 Å². The Balaban J connectivity index is 3.41. The number of hydrogen-bond acceptors (Lipinski definition) is 7. The van der Waals surface area contributed by atoms with Gasteiger partial charge < -0.3 is 9.47 Å². The van der Waals surface area contributed by atoms with Gasteiger partial charge in [0, 0.05) is 6.07 Å². The molecule has 0 N–H and O–H groups in total. The van der Waals surface area contributed by atoms with Crippen LogP contribution in [0.3, 0.4) is 0 Å². The van der Waals surface area contributed by atoms with E-state index in [1.807, 2.05) is 0 Å². The van der Waals surface area contributed by atoms with Gasteiger partial charge in [-0.05, 0) is 26.0 Å². The maximum atomic E-state index is 12.0. The van der Waals surface area contributed by atoms with Gasteiger partial charge in [-0.2, -0.15) is 5.26 Å². The summed E-state index contributed by atoms with van der Waals surface area (Å²) in [7, 11) is 0. The minimum Gasteiger partial charge on any atom is -0.465 e. The first kappa shape index (κ1) is 17.1. The fourth-order valence-electron chi connectivity index (χ4n) is 1.82. The number of carbonyl (C=O) groups excluding carboxylic acids is 2. The zero-order valence-electron chi connectivity index (χ0n) is 12.1. The minimum absolute atomic E-state index is 0.0127. The molecule has 8 heteroatoms. The normalized spacial score (nSPS) is 9.91. The molecule has 1 aromatic rings. The Kier molecular flexibility index (Phi) is 6.01. The number of nitrogens with zero attached hydrogens (tertiary/aromatic N) is 2. The minimum atomic E-state index is -1.56. The van der Waals surface area contributed by atoms with E-state index in [9.17, 15) is 19.7 Å². The molecule has 0 saturated heterocycles. The van der Waals surface area contributed by atoms with Gasteiger partial charge in [-0.15, -0.1) is 0 Å². The van der Waals surface area contributed by atoms with Crippen LogP contribution in [0.25, 0.3) is 0 Å². The van der Waals surface area contributed by atoms with Crippen LogP contribution in [0.1, 0.15) is 30.9 Å². The van der Waals surface area contributed by atoms with E-state index in [-0.39, 0.29) is 24.3 Å². The quantitative estimate of drug-likeness (QED) is 0.339. The molecule has 0 fully saturated rings. The number of ether oxygens (including phenoxy) is 2. The number of rotatable bonds is 6. The van der Waals surface area contributed by atoms with Crippen molar-refractivity contribution in [3.8, 4) is 6.07 Å². The average molecular weight is 306 g/mol. The number of nitro groups is 1. The molecule has 0 aliphatic heterocycles. The second-order valence-corrected chi connectivity index (χ2v) is 4.08. The molecule has 0 atom stereocenters. The lowest BCUT2D eigenvalue weighted by molar-refractivity contribution is -0.385. The molecule has 22 heavy (non-hydrogen) atoms. The van der Waals surface area contributed by atoms with Crippen LogP contribution in [0, 0.1) is 21.4 Å². The number of hydrogen-bond donors (Lipinski definition) is 0. The number of nitro benzene ring substituents is 1. The third kappa shape index (κ3) is 3.79. The summed E-state index contributed by atoms with van der Waals surface area (Å²) in [6.07, 6.45) is 0. The monoisotopic (exact) mass is 306 g/mol. The van der Waals surface area contributed by atoms with Gasteiger partial charge in [-0.1, -0.05) is 0 Å². The van der Waals surface area contributed by atoms with Crippen LogP contribution in [0.2, 0.25) is 0 Å². The van der Waals surface area contributed by atoms with Gasteiger partial charge in [-0.25, -0.2) is 0 Å². The largest absolute Gasteiger partial charge is 0.465 e. The topological polar surface area (TPSA) is 120 Å². The van der Waals surface area contributed by atoms with Gasteiger partial charge in [-0.3, -0.25) is 19.7 Å². The van der Waals surface area contributed by atoms with E-state index in [1.54, 1.807) is 19.9 Å². The Morgan fingerprint density at radius 3 is 2.23 bits per heavy atom. The number of esters is 2. The molecule has 0 heterocycles. The molecule has 116 valence electrons. The Hall–Kier alpha value is -2.95. The highest BCUT2D eigenvalue weighted by Gasteiger charge is 2.36. The summed E-state index contributed by atoms with van der Waals surface area (Å²) in [5, 5.41) is 20.0. The fraction of sp³-hybridized carbons (Fsp3) is 0.357. The molecule has 0 aliphatic rings. The fourth-order valence-corrected chi connectivity index (χ4v) is 1.82. The molecule has 0 aliphatic carbocycles. The van der Waals surface area contributed by atoms with E-state index < -0.39 is 28.5 Å². The van der Waals surface area contributed by atoms with E-state index in [0.29, 0.717) is 0 Å². The van der Waals surface area contributed by atoms with Gasteiger partial charge in [0.15, 0.2) is 5.92 Å². The smallest absolute Gasteiger partial charge is 0.325 e. The van der Waals surface area contributed by atoms with Crippen LogP contribution in [-0.4, -0.2) is 30.1 Å². The third-order valence-electron chi connectivity index (χ3n) is 2.71. The molecule has 0 unspecified atom stereocenters. The molecule has 0 spiro atoms. The van der Waals surface area contributed by atoms with E-state index in [2.05, 4.69) is 0 Å². The molecule has 0 bridgehead atoms. The maximum Gasteiger partial charge on any atom is 0.325 e. The van der Waals surface area contributed by atoms with Gasteiger partial charge in [0.2, 0.25) is 0 Å². The molecular formula is C14H14N2O6. The van der Waals surface area contributed by atoms with Crippen molar-refractivity contribution in [3.63, 3.8) is 0 Å². The number of nitriles is 1. The summed E-state index contributed by atoms with van der Waals surface area (Å²) < 4.78 is 9.58. The summed E-state index contributed by atoms with van der Waals surface area (Å²) in [6.45, 7) is 3.12. The molecule has 0 saturated carbocycles. The maximum absolute atomic E-state index is 12.0. The van der Waals surface area contributed by atoms with Crippen molar-refractivity contribution in [2.75, 3.05) is 13.2 Å². The molecule has 1 rings (SSSR count). The second kappa shape index (κ2) is 7.73. The summed E-state index contributed by atoms with van der Waals surface area (Å²) in [5.41, 5.74) is -0.632. The molecule has 0 radical (unpaired) electrons. The van der Waals surface area contributed by atoms with E-state index in [1.165, 1.54) is 12.1 Å². The average Bonchev–Trinajstić information content (AvgIpc) is 2.48. The number of benzene rings is 1. The highest BCUT2D eigenvalue weighted by atomic mass is 16.6. The van der Waals surface area contributed by atoms with Crippen molar-refractivity contribution >= 4 is 17.6 Å². The first-order valence-corrected chi connectivity index (χ1v) is 6.47. The van der Waals surface area contributed by atoms with E-state index in [0.717, 1.165) is 6.07 Å². The summed E-state index contributed by atoms with van der Waals surface area (Å²) in [4.78, 5) is 34.3. The molecule has 1 aromatic carbocycles. The van der Waals surface area contributed by atoms with Crippen LogP contribution >= 0.6 is 0 Å². The van der Waals surface area contributed by atoms with Crippen molar-refractivity contribution in [3.05, 3.63) is 39.4 Å². The van der Waals surface area contributed by atoms with Gasteiger partial charge in [0.05, 0.1) is 35.3 Å². The first-order chi connectivity index (χ1) is 10.5. The SMILES string of the molecule is CCOC(=O)C(C(=O)OCC)c1ccc(C#N)cc1[N+](=O)[O-]. The van der Waals surface area contributed by atoms with E-state index in [4.69, 9.17) is 14.7 Å². The highest BCUT2D eigenvalue weighted by Crippen LogP contribution is 2.30. The molecule has 0 aromatic heterocycles. The lowest BCUT2D eigenvalue weighted by atomic mass is 9.96. The predicted molar refractivity (Wildman–Crippen MR) is 73.8 cm³/mol. The predicted octanol–water partition coefficient (Wildman–Crippen LogP) is 1.68. The van der Waals surface area contributed by atoms with Crippen molar-refractivity contribution in [1.29, 1.82) is 5.26 Å². The summed E-state index contributed by atoms with van der Waals surface area (Å²) in [6, 6.07) is 5.24. The lowest BCUT2D eigenvalue weighted by Crippen LogP contribution is -2.27.